The fourth-order valence-electron chi connectivity index (χ4n) is 2.05. The van der Waals surface area contributed by atoms with Crippen LogP contribution in [0.3, 0.4) is 0 Å². The van der Waals surface area contributed by atoms with E-state index in [2.05, 4.69) is 0 Å². The summed E-state index contributed by atoms with van der Waals surface area (Å²) in [7, 11) is 0. The molecule has 0 spiro atoms. The molecule has 0 amide bonds. The van der Waals surface area contributed by atoms with E-state index in [1.54, 1.807) is 30.3 Å². The molecule has 0 N–H and O–H groups in total. The summed E-state index contributed by atoms with van der Waals surface area (Å²) in [6, 6.07) is 14.7. The summed E-state index contributed by atoms with van der Waals surface area (Å²) in [5, 5.41) is 11.6. The Bertz CT molecular complexity index is 867. The van der Waals surface area contributed by atoms with Gasteiger partial charge in [-0.3, -0.25) is 10.1 Å². The number of fused-ring (bicyclic) bond motifs is 1. The number of benzene rings is 2. The second-order valence-corrected chi connectivity index (χ2v) is 4.29. The van der Waals surface area contributed by atoms with Crippen LogP contribution in [-0.2, 0) is 0 Å². The van der Waals surface area contributed by atoms with Crippen LogP contribution in [0, 0.1) is 10.1 Å². The fraction of sp³-hybridized carbons (Fsp3) is 0. The second kappa shape index (κ2) is 4.62. The minimum atomic E-state index is -0.510. The number of nitro groups is 1. The van der Waals surface area contributed by atoms with Gasteiger partial charge in [0.05, 0.1) is 10.5 Å². The van der Waals surface area contributed by atoms with Crippen LogP contribution in [0.4, 0.5) is 5.69 Å². The molecular weight excluding hydrogens is 258 g/mol. The highest BCUT2D eigenvalue weighted by Gasteiger charge is 2.11. The normalized spacial score (nSPS) is 10.6. The van der Waals surface area contributed by atoms with Crippen molar-refractivity contribution < 1.29 is 9.34 Å². The molecule has 5 nitrogen and oxygen atoms in total. The van der Waals surface area contributed by atoms with Gasteiger partial charge in [-0.1, -0.05) is 30.3 Å². The molecule has 0 aliphatic heterocycles. The molecule has 0 aliphatic carbocycles. The van der Waals surface area contributed by atoms with Gasteiger partial charge in [-0.25, -0.2) is 4.79 Å². The van der Waals surface area contributed by atoms with E-state index in [1.165, 1.54) is 12.1 Å². The lowest BCUT2D eigenvalue weighted by Gasteiger charge is -2.02. The highest BCUT2D eigenvalue weighted by Crippen LogP contribution is 2.24. The minimum Gasteiger partial charge on any atom is -0.422 e. The van der Waals surface area contributed by atoms with Gasteiger partial charge in [0.25, 0.3) is 5.69 Å². The predicted molar refractivity (Wildman–Crippen MR) is 74.6 cm³/mol. The average Bonchev–Trinajstić information content (AvgIpc) is 2.46. The molecule has 0 bridgehead atoms. The molecule has 20 heavy (non-hydrogen) atoms. The van der Waals surface area contributed by atoms with Crippen LogP contribution in [0.15, 0.2) is 63.8 Å². The zero-order chi connectivity index (χ0) is 14.1. The lowest BCUT2D eigenvalue weighted by molar-refractivity contribution is -0.384. The smallest absolute Gasteiger partial charge is 0.344 e. The monoisotopic (exact) mass is 267 g/mol. The van der Waals surface area contributed by atoms with Crippen molar-refractivity contribution in [2.24, 2.45) is 0 Å². The molecule has 0 radical (unpaired) electrons. The van der Waals surface area contributed by atoms with Gasteiger partial charge >= 0.3 is 5.63 Å². The Hall–Kier alpha value is -2.95. The molecule has 1 heterocycles. The largest absolute Gasteiger partial charge is 0.422 e. The van der Waals surface area contributed by atoms with E-state index >= 15 is 0 Å². The average molecular weight is 267 g/mol. The molecule has 0 aliphatic rings. The van der Waals surface area contributed by atoms with E-state index in [0.29, 0.717) is 16.7 Å². The summed E-state index contributed by atoms with van der Waals surface area (Å²) in [4.78, 5) is 22.3. The van der Waals surface area contributed by atoms with Gasteiger partial charge in [0, 0.05) is 17.5 Å². The third-order valence-corrected chi connectivity index (χ3v) is 3.01. The Morgan fingerprint density at radius 3 is 2.60 bits per heavy atom. The molecule has 1 aromatic heterocycles. The zero-order valence-corrected chi connectivity index (χ0v) is 10.3. The number of para-hydroxylation sites is 1. The fourth-order valence-corrected chi connectivity index (χ4v) is 2.05. The molecule has 0 saturated heterocycles. The maximum atomic E-state index is 12.0. The van der Waals surface area contributed by atoms with Crippen LogP contribution in [0.1, 0.15) is 0 Å². The number of nitrogens with zero attached hydrogens (tertiary/aromatic N) is 1. The summed E-state index contributed by atoms with van der Waals surface area (Å²) in [5.41, 5.74) is 0.706. The Kier molecular flexibility index (Phi) is 2.80. The summed E-state index contributed by atoms with van der Waals surface area (Å²) < 4.78 is 5.22. The predicted octanol–water partition coefficient (Wildman–Crippen LogP) is 3.37. The number of nitro benzene ring substituents is 1. The van der Waals surface area contributed by atoms with Crippen molar-refractivity contribution in [1.29, 1.82) is 0 Å². The first kappa shape index (κ1) is 12.1. The molecule has 5 heteroatoms. The first-order chi connectivity index (χ1) is 9.65. The summed E-state index contributed by atoms with van der Waals surface area (Å²) in [5.74, 6) is 0. The van der Waals surface area contributed by atoms with Crippen LogP contribution >= 0.6 is 0 Å². The van der Waals surface area contributed by atoms with E-state index in [9.17, 15) is 14.9 Å². The third kappa shape index (κ3) is 2.05. The maximum absolute atomic E-state index is 12.0. The number of rotatable bonds is 2. The minimum absolute atomic E-state index is 0.0601. The quantitative estimate of drug-likeness (QED) is 0.405. The standard InChI is InChI=1S/C15H9NO4/c17-15-13(9-11-4-1-2-7-14(11)20-15)10-5-3-6-12(8-10)16(18)19/h1-9H. The van der Waals surface area contributed by atoms with Gasteiger partial charge in [-0.2, -0.15) is 0 Å². The Balaban J connectivity index is 2.24. The van der Waals surface area contributed by atoms with E-state index in [4.69, 9.17) is 4.42 Å². The van der Waals surface area contributed by atoms with Crippen molar-refractivity contribution in [3.8, 4) is 11.1 Å². The van der Waals surface area contributed by atoms with E-state index in [1.807, 2.05) is 12.1 Å². The molecule has 98 valence electrons. The van der Waals surface area contributed by atoms with Gasteiger partial charge in [-0.15, -0.1) is 0 Å². The number of non-ortho nitro benzene ring substituents is 1. The molecule has 0 unspecified atom stereocenters. The Morgan fingerprint density at radius 2 is 1.80 bits per heavy atom. The van der Waals surface area contributed by atoms with Crippen LogP contribution in [-0.4, -0.2) is 4.92 Å². The highest BCUT2D eigenvalue weighted by atomic mass is 16.6. The second-order valence-electron chi connectivity index (χ2n) is 4.29. The van der Waals surface area contributed by atoms with E-state index < -0.39 is 10.5 Å². The lowest BCUT2D eigenvalue weighted by Crippen LogP contribution is -2.02. The first-order valence-corrected chi connectivity index (χ1v) is 5.93. The summed E-state index contributed by atoms with van der Waals surface area (Å²) in [6.45, 7) is 0. The van der Waals surface area contributed by atoms with Crippen LogP contribution in [0.5, 0.6) is 0 Å². The van der Waals surface area contributed by atoms with Gasteiger partial charge < -0.3 is 4.42 Å². The van der Waals surface area contributed by atoms with Gasteiger partial charge in [0.15, 0.2) is 0 Å². The Labute approximate surface area is 113 Å². The maximum Gasteiger partial charge on any atom is 0.344 e. The van der Waals surface area contributed by atoms with E-state index in [0.717, 1.165) is 5.39 Å². The molecule has 0 saturated carbocycles. The third-order valence-electron chi connectivity index (χ3n) is 3.01. The van der Waals surface area contributed by atoms with Crippen molar-refractivity contribution in [3.05, 3.63) is 75.1 Å². The van der Waals surface area contributed by atoms with Crippen LogP contribution in [0.25, 0.3) is 22.1 Å². The summed E-state index contributed by atoms with van der Waals surface area (Å²) >= 11 is 0. The van der Waals surface area contributed by atoms with E-state index in [-0.39, 0.29) is 5.69 Å². The van der Waals surface area contributed by atoms with Gasteiger partial charge in [0.1, 0.15) is 5.58 Å². The number of hydrogen-bond donors (Lipinski definition) is 0. The van der Waals surface area contributed by atoms with Gasteiger partial charge in [-0.05, 0) is 17.7 Å². The van der Waals surface area contributed by atoms with Gasteiger partial charge in [0.2, 0.25) is 0 Å². The van der Waals surface area contributed by atoms with Crippen molar-refractivity contribution in [2.75, 3.05) is 0 Å². The SMILES string of the molecule is O=c1oc2ccccc2cc1-c1cccc([N+](=O)[O-])c1. The van der Waals surface area contributed by atoms with Crippen molar-refractivity contribution in [1.82, 2.24) is 0 Å². The molecule has 2 aromatic carbocycles. The summed E-state index contributed by atoms with van der Waals surface area (Å²) in [6.07, 6.45) is 0. The number of hydrogen-bond acceptors (Lipinski definition) is 4. The Morgan fingerprint density at radius 1 is 1.00 bits per heavy atom. The molecule has 3 rings (SSSR count). The molecule has 0 atom stereocenters. The highest BCUT2D eigenvalue weighted by molar-refractivity contribution is 5.81. The van der Waals surface area contributed by atoms with Crippen molar-refractivity contribution in [2.45, 2.75) is 0 Å². The topological polar surface area (TPSA) is 73.3 Å². The zero-order valence-electron chi connectivity index (χ0n) is 10.3. The lowest BCUT2D eigenvalue weighted by atomic mass is 10.1. The van der Waals surface area contributed by atoms with Crippen molar-refractivity contribution in [3.63, 3.8) is 0 Å². The molecule has 3 aromatic rings. The van der Waals surface area contributed by atoms with Crippen molar-refractivity contribution >= 4 is 16.7 Å². The molecule has 0 fully saturated rings. The molecular formula is C15H9NO4. The van der Waals surface area contributed by atoms with Crippen LogP contribution in [0.2, 0.25) is 0 Å². The van der Waals surface area contributed by atoms with Crippen LogP contribution < -0.4 is 5.63 Å². The first-order valence-electron chi connectivity index (χ1n) is 5.93.